The third-order valence-electron chi connectivity index (χ3n) is 7.00. The highest BCUT2D eigenvalue weighted by Gasteiger charge is 2.28. The van der Waals surface area contributed by atoms with Crippen molar-refractivity contribution in [3.8, 4) is 0 Å². The van der Waals surface area contributed by atoms with Crippen molar-refractivity contribution in [3.63, 3.8) is 0 Å². The predicted octanol–water partition coefficient (Wildman–Crippen LogP) is 3.31. The molecule has 1 saturated heterocycles. The van der Waals surface area contributed by atoms with Gasteiger partial charge in [0.25, 0.3) is 0 Å². The number of benzene rings is 1. The maximum Gasteiger partial charge on any atom is 0.332 e. The minimum absolute atomic E-state index is 0.0936. The molecule has 2 aromatic rings. The zero-order chi connectivity index (χ0) is 21.8. The lowest BCUT2D eigenvalue weighted by molar-refractivity contribution is 0.123. The molecule has 0 spiro atoms. The number of urea groups is 1. The summed E-state index contributed by atoms with van der Waals surface area (Å²) in [6.45, 7) is 4.15. The van der Waals surface area contributed by atoms with Crippen LogP contribution in [-0.4, -0.2) is 38.0 Å². The number of aryl methyl sites for hydroxylation is 3. The molecule has 1 fully saturated rings. The molecule has 2 unspecified atom stereocenters. The summed E-state index contributed by atoms with van der Waals surface area (Å²) in [6, 6.07) is 3.53. The summed E-state index contributed by atoms with van der Waals surface area (Å²) >= 11 is 0. The Morgan fingerprint density at radius 1 is 1.10 bits per heavy atom. The van der Waals surface area contributed by atoms with Crippen molar-refractivity contribution in [2.75, 3.05) is 18.4 Å². The lowest BCUT2D eigenvalue weighted by Gasteiger charge is -2.36. The number of rotatable bonds is 5. The first-order valence-electron chi connectivity index (χ1n) is 11.2. The van der Waals surface area contributed by atoms with E-state index in [-0.39, 0.29) is 11.1 Å². The quantitative estimate of drug-likeness (QED) is 0.661. The van der Waals surface area contributed by atoms with E-state index in [1.165, 1.54) is 28.7 Å². The summed E-state index contributed by atoms with van der Waals surface area (Å²) in [5.41, 5.74) is 6.82. The number of anilines is 1. The monoisotopic (exact) mass is 442 g/mol. The molecular formula is C22H30N6O2S. The van der Waals surface area contributed by atoms with E-state index in [0.717, 1.165) is 63.0 Å². The number of amides is 2. The summed E-state index contributed by atoms with van der Waals surface area (Å²) in [6.07, 6.45) is 7.35. The molecule has 1 aliphatic heterocycles. The SMILES string of the molecule is CC(c1cc(S(=N)(=O)NC(=O)Nc2c3c(cc4c2CCC4)CCC3)nn1C)N1CCC1. The minimum atomic E-state index is -3.57. The summed E-state index contributed by atoms with van der Waals surface area (Å²) in [4.78, 5) is 15.1. The molecule has 1 aromatic heterocycles. The van der Waals surface area contributed by atoms with E-state index in [1.807, 2.05) is 0 Å². The Kier molecular flexibility index (Phi) is 5.05. The highest BCUT2D eigenvalue weighted by Crippen LogP contribution is 2.38. The molecule has 2 aliphatic carbocycles. The third kappa shape index (κ3) is 3.63. The molecule has 31 heavy (non-hydrogen) atoms. The molecule has 0 bridgehead atoms. The van der Waals surface area contributed by atoms with Gasteiger partial charge in [0.2, 0.25) is 0 Å². The van der Waals surface area contributed by atoms with Crippen LogP contribution < -0.4 is 10.0 Å². The predicted molar refractivity (Wildman–Crippen MR) is 120 cm³/mol. The Morgan fingerprint density at radius 2 is 1.74 bits per heavy atom. The molecular weight excluding hydrogens is 412 g/mol. The van der Waals surface area contributed by atoms with Crippen LogP contribution in [-0.2, 0) is 42.6 Å². The maximum atomic E-state index is 13.1. The van der Waals surface area contributed by atoms with Crippen LogP contribution in [0.2, 0.25) is 0 Å². The number of fused-ring (bicyclic) bond motifs is 2. The van der Waals surface area contributed by atoms with Crippen molar-refractivity contribution < 1.29 is 9.00 Å². The summed E-state index contributed by atoms with van der Waals surface area (Å²) < 4.78 is 25.5. The Morgan fingerprint density at radius 3 is 2.32 bits per heavy atom. The van der Waals surface area contributed by atoms with Crippen LogP contribution in [0.4, 0.5) is 10.5 Å². The first kappa shape index (κ1) is 20.5. The van der Waals surface area contributed by atoms with E-state index < -0.39 is 15.9 Å². The first-order valence-corrected chi connectivity index (χ1v) is 12.7. The second-order valence-electron chi connectivity index (χ2n) is 8.94. The number of nitrogens with zero attached hydrogens (tertiary/aromatic N) is 3. The zero-order valence-corrected chi connectivity index (χ0v) is 19.0. The minimum Gasteiger partial charge on any atom is -0.307 e. The van der Waals surface area contributed by atoms with E-state index in [9.17, 15) is 9.00 Å². The van der Waals surface area contributed by atoms with Crippen LogP contribution in [0, 0.1) is 4.78 Å². The van der Waals surface area contributed by atoms with Gasteiger partial charge in [-0.3, -0.25) is 9.58 Å². The van der Waals surface area contributed by atoms with Gasteiger partial charge in [0.15, 0.2) is 14.9 Å². The van der Waals surface area contributed by atoms with E-state index in [2.05, 4.69) is 33.0 Å². The third-order valence-corrected chi connectivity index (χ3v) is 8.26. The van der Waals surface area contributed by atoms with Crippen LogP contribution in [0.3, 0.4) is 0 Å². The fraction of sp³-hybridized carbons (Fsp3) is 0.545. The van der Waals surface area contributed by atoms with Gasteiger partial charge in [0, 0.05) is 37.9 Å². The molecule has 2 amide bonds. The Hall–Kier alpha value is -2.39. The molecule has 2 atom stereocenters. The molecule has 1 aromatic carbocycles. The van der Waals surface area contributed by atoms with Gasteiger partial charge in [-0.25, -0.2) is 18.5 Å². The fourth-order valence-corrected chi connectivity index (χ4v) is 6.13. The molecule has 3 aliphatic rings. The van der Waals surface area contributed by atoms with Gasteiger partial charge in [-0.2, -0.15) is 5.10 Å². The average Bonchev–Trinajstić information content (AvgIpc) is 3.38. The molecule has 2 heterocycles. The number of carbonyl (C=O) groups is 1. The second-order valence-corrected chi connectivity index (χ2v) is 10.7. The van der Waals surface area contributed by atoms with Crippen molar-refractivity contribution >= 4 is 21.6 Å². The van der Waals surface area contributed by atoms with Gasteiger partial charge in [0.1, 0.15) is 0 Å². The number of hydrogen-bond donors (Lipinski definition) is 3. The average molecular weight is 443 g/mol. The van der Waals surface area contributed by atoms with Crippen LogP contribution in [0.25, 0.3) is 0 Å². The number of hydrogen-bond acceptors (Lipinski definition) is 5. The Bertz CT molecular complexity index is 1120. The summed E-state index contributed by atoms with van der Waals surface area (Å²) in [5.74, 6) is 0. The second kappa shape index (κ2) is 7.63. The topological polar surface area (TPSA) is 103 Å². The maximum absolute atomic E-state index is 13.1. The Labute approximate surface area is 183 Å². The largest absolute Gasteiger partial charge is 0.332 e. The Balaban J connectivity index is 1.36. The first-order chi connectivity index (χ1) is 14.8. The van der Waals surface area contributed by atoms with Gasteiger partial charge in [-0.05, 0) is 74.1 Å². The molecule has 0 saturated carbocycles. The van der Waals surface area contributed by atoms with Crippen LogP contribution in [0.15, 0.2) is 17.2 Å². The summed E-state index contributed by atoms with van der Waals surface area (Å²) in [7, 11) is -1.78. The van der Waals surface area contributed by atoms with E-state index in [4.69, 9.17) is 4.78 Å². The van der Waals surface area contributed by atoms with Crippen molar-refractivity contribution in [2.24, 2.45) is 7.05 Å². The van der Waals surface area contributed by atoms with Crippen LogP contribution in [0.5, 0.6) is 0 Å². The lowest BCUT2D eigenvalue weighted by Crippen LogP contribution is -2.39. The molecule has 3 N–H and O–H groups in total. The van der Waals surface area contributed by atoms with Crippen molar-refractivity contribution in [3.05, 3.63) is 40.1 Å². The van der Waals surface area contributed by atoms with Gasteiger partial charge in [0.05, 0.1) is 5.69 Å². The van der Waals surface area contributed by atoms with Gasteiger partial charge in [-0.15, -0.1) is 0 Å². The smallest absolute Gasteiger partial charge is 0.307 e. The number of carbonyl (C=O) groups excluding carboxylic acids is 1. The van der Waals surface area contributed by atoms with Crippen molar-refractivity contribution in [1.82, 2.24) is 19.4 Å². The lowest BCUT2D eigenvalue weighted by atomic mass is 9.99. The van der Waals surface area contributed by atoms with E-state index in [1.54, 1.807) is 17.8 Å². The number of nitrogens with one attached hydrogen (secondary N) is 3. The normalized spacial score (nSPS) is 20.5. The number of aromatic nitrogens is 2. The highest BCUT2D eigenvalue weighted by atomic mass is 32.2. The highest BCUT2D eigenvalue weighted by molar-refractivity contribution is 7.91. The molecule has 5 rings (SSSR count). The molecule has 8 nitrogen and oxygen atoms in total. The molecule has 166 valence electrons. The van der Waals surface area contributed by atoms with Gasteiger partial charge >= 0.3 is 6.03 Å². The zero-order valence-electron chi connectivity index (χ0n) is 18.2. The standard InChI is InChI=1S/C22H30N6O2S/c1-14(28-10-5-11-28)19-13-20(25-27(19)2)31(23,30)26-22(29)24-21-17-8-3-6-15(17)12-16-7-4-9-18(16)21/h12-14H,3-11H2,1-2H3,(H3,23,24,26,29,30). The van der Waals surface area contributed by atoms with Crippen molar-refractivity contribution in [2.45, 2.75) is 62.9 Å². The summed E-state index contributed by atoms with van der Waals surface area (Å²) in [5, 5.41) is 7.36. The van der Waals surface area contributed by atoms with Crippen molar-refractivity contribution in [1.29, 1.82) is 4.78 Å². The van der Waals surface area contributed by atoms with Gasteiger partial charge in [-0.1, -0.05) is 6.07 Å². The molecule has 9 heteroatoms. The van der Waals surface area contributed by atoms with E-state index >= 15 is 0 Å². The fourth-order valence-electron chi connectivity index (χ4n) is 5.19. The van der Waals surface area contributed by atoms with Crippen LogP contribution in [0.1, 0.15) is 60.2 Å². The molecule has 0 radical (unpaired) electrons. The van der Waals surface area contributed by atoms with Crippen LogP contribution >= 0.6 is 0 Å². The van der Waals surface area contributed by atoms with Gasteiger partial charge < -0.3 is 5.32 Å². The van der Waals surface area contributed by atoms with E-state index in [0.29, 0.717) is 0 Å². The number of likely N-dealkylation sites (tertiary alicyclic amines) is 1.